The molecule has 1 aromatic rings. The lowest BCUT2D eigenvalue weighted by atomic mass is 9.97. The summed E-state index contributed by atoms with van der Waals surface area (Å²) in [7, 11) is 1.49. The van der Waals surface area contributed by atoms with E-state index in [1.807, 2.05) is 42.5 Å². The van der Waals surface area contributed by atoms with Gasteiger partial charge >= 0.3 is 0 Å². The van der Waals surface area contributed by atoms with Gasteiger partial charge in [-0.05, 0) is 5.56 Å². The summed E-state index contributed by atoms with van der Waals surface area (Å²) in [6, 6.07) is 9.83. The number of ether oxygens (including phenoxy) is 1. The summed E-state index contributed by atoms with van der Waals surface area (Å²) < 4.78 is 5.11. The Balaban J connectivity index is 2.19. The smallest absolute Gasteiger partial charge is 0.225 e. The van der Waals surface area contributed by atoms with Crippen LogP contribution in [0.15, 0.2) is 59.9 Å². The van der Waals surface area contributed by atoms with Crippen molar-refractivity contribution in [2.24, 2.45) is 0 Å². The van der Waals surface area contributed by atoms with Crippen LogP contribution in [-0.2, 0) is 14.3 Å². The van der Waals surface area contributed by atoms with E-state index in [-0.39, 0.29) is 6.42 Å². The zero-order valence-electron chi connectivity index (χ0n) is 10.6. The lowest BCUT2D eigenvalue weighted by molar-refractivity contribution is -0.133. The molecule has 0 bridgehead atoms. The largest absolute Gasteiger partial charge is 0.496 e. The van der Waals surface area contributed by atoms with E-state index in [4.69, 9.17) is 4.74 Å². The highest BCUT2D eigenvalue weighted by Gasteiger charge is 2.23. The van der Waals surface area contributed by atoms with Gasteiger partial charge in [0, 0.05) is 18.1 Å². The van der Waals surface area contributed by atoms with Gasteiger partial charge in [0.1, 0.15) is 5.76 Å². The van der Waals surface area contributed by atoms with Crippen LogP contribution in [0, 0.1) is 0 Å². The van der Waals surface area contributed by atoms with E-state index in [0.29, 0.717) is 5.76 Å². The molecule has 1 aliphatic carbocycles. The topological polar surface area (TPSA) is 43.4 Å². The van der Waals surface area contributed by atoms with Crippen molar-refractivity contribution < 1.29 is 14.3 Å². The minimum Gasteiger partial charge on any atom is -0.496 e. The highest BCUT2D eigenvalue weighted by Crippen LogP contribution is 2.21. The van der Waals surface area contributed by atoms with Crippen molar-refractivity contribution >= 4 is 17.6 Å². The maximum absolute atomic E-state index is 11.4. The van der Waals surface area contributed by atoms with E-state index in [9.17, 15) is 9.59 Å². The highest BCUT2D eigenvalue weighted by atomic mass is 16.5. The Morgan fingerprint density at radius 1 is 1.16 bits per heavy atom. The van der Waals surface area contributed by atoms with Crippen molar-refractivity contribution in [1.29, 1.82) is 0 Å². The summed E-state index contributed by atoms with van der Waals surface area (Å²) in [6.07, 6.45) is 6.92. The van der Waals surface area contributed by atoms with Gasteiger partial charge in [-0.2, -0.15) is 0 Å². The van der Waals surface area contributed by atoms with Crippen LogP contribution >= 0.6 is 0 Å². The van der Waals surface area contributed by atoms with Crippen LogP contribution in [0.2, 0.25) is 0 Å². The number of methoxy groups -OCH3 is 1. The average Bonchev–Trinajstić information content (AvgIpc) is 2.43. The van der Waals surface area contributed by atoms with Crippen molar-refractivity contribution in [3.63, 3.8) is 0 Å². The zero-order valence-corrected chi connectivity index (χ0v) is 10.6. The summed E-state index contributed by atoms with van der Waals surface area (Å²) in [6.45, 7) is 0. The summed E-state index contributed by atoms with van der Waals surface area (Å²) >= 11 is 0. The van der Waals surface area contributed by atoms with E-state index in [2.05, 4.69) is 0 Å². The number of carbonyl (C=O) groups excluding carboxylic acids is 2. The summed E-state index contributed by atoms with van der Waals surface area (Å²) in [5.41, 5.74) is 1.79. The van der Waals surface area contributed by atoms with Gasteiger partial charge in [0.25, 0.3) is 0 Å². The quantitative estimate of drug-likeness (QED) is 0.779. The molecule has 2 rings (SSSR count). The molecule has 19 heavy (non-hydrogen) atoms. The van der Waals surface area contributed by atoms with Crippen molar-refractivity contribution in [2.45, 2.75) is 6.42 Å². The SMILES string of the molecule is COC1=CC(=O)C(=O)CC1=CC=Cc1ccccc1. The minimum absolute atomic E-state index is 0.0949. The maximum Gasteiger partial charge on any atom is 0.225 e. The van der Waals surface area contributed by atoms with Crippen LogP contribution in [0.4, 0.5) is 0 Å². The van der Waals surface area contributed by atoms with E-state index >= 15 is 0 Å². The zero-order chi connectivity index (χ0) is 13.7. The molecule has 0 radical (unpaired) electrons. The fourth-order valence-electron chi connectivity index (χ4n) is 1.81. The highest BCUT2D eigenvalue weighted by molar-refractivity contribution is 6.43. The van der Waals surface area contributed by atoms with E-state index in [1.165, 1.54) is 13.2 Å². The molecule has 0 aliphatic heterocycles. The molecule has 1 aliphatic rings. The first-order valence-electron chi connectivity index (χ1n) is 5.96. The number of hydrogen-bond donors (Lipinski definition) is 0. The molecule has 0 fully saturated rings. The van der Waals surface area contributed by atoms with Crippen LogP contribution in [0.25, 0.3) is 6.08 Å². The molecular weight excluding hydrogens is 240 g/mol. The van der Waals surface area contributed by atoms with Crippen molar-refractivity contribution in [3.05, 3.63) is 65.5 Å². The lowest BCUT2D eigenvalue weighted by Gasteiger charge is -2.13. The van der Waals surface area contributed by atoms with Gasteiger partial charge in [0.2, 0.25) is 11.6 Å². The Kier molecular flexibility index (Phi) is 4.08. The number of ketones is 2. The first kappa shape index (κ1) is 13.0. The Morgan fingerprint density at radius 3 is 2.58 bits per heavy atom. The van der Waals surface area contributed by atoms with Crippen LogP contribution in [-0.4, -0.2) is 18.7 Å². The normalized spacial score (nSPS) is 17.9. The van der Waals surface area contributed by atoms with E-state index in [0.717, 1.165) is 11.1 Å². The Labute approximate surface area is 111 Å². The molecule has 0 heterocycles. The molecule has 1 aromatic carbocycles. The summed E-state index contributed by atoms with van der Waals surface area (Å²) in [5.74, 6) is -0.441. The Hall–Kier alpha value is -2.42. The predicted molar refractivity (Wildman–Crippen MR) is 73.3 cm³/mol. The van der Waals surface area contributed by atoms with Gasteiger partial charge in [-0.15, -0.1) is 0 Å². The summed E-state index contributed by atoms with van der Waals surface area (Å²) in [5, 5.41) is 0. The molecule has 0 atom stereocenters. The van der Waals surface area contributed by atoms with Crippen molar-refractivity contribution in [3.8, 4) is 0 Å². The van der Waals surface area contributed by atoms with Crippen LogP contribution < -0.4 is 0 Å². The second kappa shape index (κ2) is 5.96. The molecule has 0 saturated carbocycles. The van der Waals surface area contributed by atoms with E-state index in [1.54, 1.807) is 6.08 Å². The fourth-order valence-corrected chi connectivity index (χ4v) is 1.81. The third-order valence-electron chi connectivity index (χ3n) is 2.81. The minimum atomic E-state index is -0.499. The first-order valence-corrected chi connectivity index (χ1v) is 5.96. The van der Waals surface area contributed by atoms with Gasteiger partial charge < -0.3 is 4.74 Å². The second-order valence-electron chi connectivity index (χ2n) is 4.14. The number of benzene rings is 1. The Morgan fingerprint density at radius 2 is 1.89 bits per heavy atom. The number of carbonyl (C=O) groups is 2. The predicted octanol–water partition coefficient (Wildman–Crippen LogP) is 2.70. The number of hydrogen-bond acceptors (Lipinski definition) is 3. The standard InChI is InChI=1S/C16H14O3/c1-19-16-11-15(18)14(17)10-13(16)9-5-8-12-6-3-2-4-7-12/h2-9,11H,10H2,1H3. The number of rotatable bonds is 3. The van der Waals surface area contributed by atoms with E-state index < -0.39 is 11.6 Å². The average molecular weight is 254 g/mol. The lowest BCUT2D eigenvalue weighted by Crippen LogP contribution is -2.18. The maximum atomic E-state index is 11.4. The monoisotopic (exact) mass is 254 g/mol. The van der Waals surface area contributed by atoms with Crippen LogP contribution in [0.1, 0.15) is 12.0 Å². The Bertz CT molecular complexity index is 577. The molecule has 0 N–H and O–H groups in total. The number of allylic oxidation sites excluding steroid dienone is 4. The second-order valence-corrected chi connectivity index (χ2v) is 4.14. The molecule has 3 heteroatoms. The van der Waals surface area contributed by atoms with Gasteiger partial charge in [-0.3, -0.25) is 9.59 Å². The molecule has 0 unspecified atom stereocenters. The summed E-state index contributed by atoms with van der Waals surface area (Å²) in [4.78, 5) is 22.6. The molecule has 0 saturated heterocycles. The van der Waals surface area contributed by atoms with Crippen LogP contribution in [0.3, 0.4) is 0 Å². The van der Waals surface area contributed by atoms with Crippen molar-refractivity contribution in [2.75, 3.05) is 7.11 Å². The number of Topliss-reactive ketones (excluding diaryl/α,β-unsaturated/α-hetero) is 1. The molecule has 96 valence electrons. The third-order valence-corrected chi connectivity index (χ3v) is 2.81. The fraction of sp³-hybridized carbons (Fsp3) is 0.125. The van der Waals surface area contributed by atoms with Gasteiger partial charge in [-0.1, -0.05) is 48.6 Å². The third kappa shape index (κ3) is 3.28. The van der Waals surface area contributed by atoms with Gasteiger partial charge in [0.15, 0.2) is 0 Å². The molecule has 3 nitrogen and oxygen atoms in total. The van der Waals surface area contributed by atoms with Gasteiger partial charge in [-0.25, -0.2) is 0 Å². The van der Waals surface area contributed by atoms with Gasteiger partial charge in [0.05, 0.1) is 7.11 Å². The molecular formula is C16H14O3. The van der Waals surface area contributed by atoms with Crippen LogP contribution in [0.5, 0.6) is 0 Å². The molecule has 0 amide bonds. The van der Waals surface area contributed by atoms with Crippen molar-refractivity contribution in [1.82, 2.24) is 0 Å². The molecule has 0 aromatic heterocycles. The molecule has 0 spiro atoms. The first-order chi connectivity index (χ1) is 9.20.